The smallest absolute Gasteiger partial charge is 0.252 e. The van der Waals surface area contributed by atoms with Gasteiger partial charge in [0.05, 0.1) is 0 Å². The fourth-order valence-corrected chi connectivity index (χ4v) is 3.12. The molecule has 1 saturated carbocycles. The molecule has 1 amide bonds. The van der Waals surface area contributed by atoms with Gasteiger partial charge in [-0.3, -0.25) is 4.79 Å². The van der Waals surface area contributed by atoms with Gasteiger partial charge in [0.25, 0.3) is 5.91 Å². The maximum atomic E-state index is 12.8. The van der Waals surface area contributed by atoms with Crippen LogP contribution in [0.15, 0.2) is 60.7 Å². The number of rotatable bonds is 4. The molecule has 0 radical (unpaired) electrons. The lowest BCUT2D eigenvalue weighted by atomic mass is 9.94. The largest absolute Gasteiger partial charge is 0.349 e. The molecule has 0 spiro atoms. The minimum Gasteiger partial charge on any atom is -0.349 e. The topological polar surface area (TPSA) is 29.1 Å². The predicted octanol–water partition coefficient (Wildman–Crippen LogP) is 4.68. The summed E-state index contributed by atoms with van der Waals surface area (Å²) >= 11 is 0. The van der Waals surface area contributed by atoms with Gasteiger partial charge >= 0.3 is 0 Å². The highest BCUT2D eigenvalue weighted by Crippen LogP contribution is 2.21. The van der Waals surface area contributed by atoms with E-state index in [4.69, 9.17) is 0 Å². The second kappa shape index (κ2) is 7.77. The van der Waals surface area contributed by atoms with Crippen LogP contribution in [0, 0.1) is 0 Å². The summed E-state index contributed by atoms with van der Waals surface area (Å²) in [5.74, 6) is 0.0342. The maximum absolute atomic E-state index is 12.8. The zero-order chi connectivity index (χ0) is 15.9. The molecule has 0 aromatic heterocycles. The third kappa shape index (κ3) is 4.32. The van der Waals surface area contributed by atoms with Crippen molar-refractivity contribution >= 4 is 17.6 Å². The number of amides is 1. The molecule has 2 aromatic rings. The van der Waals surface area contributed by atoms with Crippen LogP contribution in [0.5, 0.6) is 0 Å². The second-order valence-electron chi connectivity index (χ2n) is 6.14. The first-order valence-electron chi connectivity index (χ1n) is 8.46. The first kappa shape index (κ1) is 15.5. The molecule has 118 valence electrons. The fraction of sp³-hybridized carbons (Fsp3) is 0.286. The number of hydrogen-bond acceptors (Lipinski definition) is 1. The van der Waals surface area contributed by atoms with Crippen LogP contribution < -0.4 is 5.32 Å². The molecule has 2 aromatic carbocycles. The zero-order valence-electron chi connectivity index (χ0n) is 13.4. The number of hydrogen-bond donors (Lipinski definition) is 1. The van der Waals surface area contributed by atoms with E-state index >= 15 is 0 Å². The molecular formula is C21H23NO. The van der Waals surface area contributed by atoms with E-state index in [-0.39, 0.29) is 5.91 Å². The van der Waals surface area contributed by atoms with Gasteiger partial charge in [-0.15, -0.1) is 0 Å². The highest BCUT2D eigenvalue weighted by Gasteiger charge is 2.19. The number of nitrogens with one attached hydrogen (secondary N) is 1. The fourth-order valence-electron chi connectivity index (χ4n) is 3.12. The molecule has 1 aliphatic rings. The second-order valence-corrected chi connectivity index (χ2v) is 6.14. The Morgan fingerprint density at radius 3 is 2.13 bits per heavy atom. The highest BCUT2D eigenvalue weighted by atomic mass is 16.1. The summed E-state index contributed by atoms with van der Waals surface area (Å²) in [7, 11) is 0. The molecule has 1 aliphatic carbocycles. The number of carbonyl (C=O) groups is 1. The van der Waals surface area contributed by atoms with E-state index in [0.717, 1.165) is 29.5 Å². The van der Waals surface area contributed by atoms with Gasteiger partial charge in [-0.1, -0.05) is 79.9 Å². The monoisotopic (exact) mass is 305 g/mol. The van der Waals surface area contributed by atoms with Crippen molar-refractivity contribution in [2.75, 3.05) is 0 Å². The van der Waals surface area contributed by atoms with E-state index in [1.165, 1.54) is 19.3 Å². The van der Waals surface area contributed by atoms with Crippen LogP contribution in [0.25, 0.3) is 11.6 Å². The van der Waals surface area contributed by atoms with Crippen LogP contribution >= 0.6 is 0 Å². The first-order valence-corrected chi connectivity index (χ1v) is 8.46. The van der Waals surface area contributed by atoms with Crippen molar-refractivity contribution in [2.24, 2.45) is 0 Å². The Balaban J connectivity index is 1.85. The zero-order valence-corrected chi connectivity index (χ0v) is 13.4. The molecular weight excluding hydrogens is 282 g/mol. The SMILES string of the molecule is O=C(NC1CCCCC1)C(=Cc1ccccc1)c1ccccc1. The Kier molecular flexibility index (Phi) is 5.25. The summed E-state index contributed by atoms with van der Waals surface area (Å²) in [4.78, 5) is 12.8. The van der Waals surface area contributed by atoms with Gasteiger partial charge in [0.2, 0.25) is 0 Å². The summed E-state index contributed by atoms with van der Waals surface area (Å²) in [6.45, 7) is 0. The summed E-state index contributed by atoms with van der Waals surface area (Å²) in [6.07, 6.45) is 7.89. The van der Waals surface area contributed by atoms with Crippen molar-refractivity contribution in [3.8, 4) is 0 Å². The van der Waals surface area contributed by atoms with Crippen molar-refractivity contribution < 1.29 is 4.79 Å². The van der Waals surface area contributed by atoms with Gasteiger partial charge in [0, 0.05) is 11.6 Å². The Labute approximate surface area is 138 Å². The minimum absolute atomic E-state index is 0.0342. The van der Waals surface area contributed by atoms with Gasteiger partial charge in [0.15, 0.2) is 0 Å². The van der Waals surface area contributed by atoms with Crippen LogP contribution in [0.2, 0.25) is 0 Å². The lowest BCUT2D eigenvalue weighted by molar-refractivity contribution is -0.116. The normalized spacial score (nSPS) is 16.1. The van der Waals surface area contributed by atoms with Crippen molar-refractivity contribution in [1.82, 2.24) is 5.32 Å². The molecule has 0 bridgehead atoms. The van der Waals surface area contributed by atoms with E-state index in [0.29, 0.717) is 6.04 Å². The van der Waals surface area contributed by atoms with Crippen LogP contribution in [-0.2, 0) is 4.79 Å². The lowest BCUT2D eigenvalue weighted by Gasteiger charge is -2.23. The van der Waals surface area contributed by atoms with E-state index < -0.39 is 0 Å². The summed E-state index contributed by atoms with van der Waals surface area (Å²) in [5.41, 5.74) is 2.75. The van der Waals surface area contributed by atoms with Crippen molar-refractivity contribution in [2.45, 2.75) is 38.1 Å². The minimum atomic E-state index is 0.0342. The molecule has 2 heteroatoms. The standard InChI is InChI=1S/C21H23NO/c23-21(22-19-14-8-3-9-15-19)20(18-12-6-2-7-13-18)16-17-10-4-1-5-11-17/h1-2,4-7,10-13,16,19H,3,8-9,14-15H2,(H,22,23). The summed E-state index contributed by atoms with van der Waals surface area (Å²) < 4.78 is 0. The van der Waals surface area contributed by atoms with Crippen molar-refractivity contribution in [3.05, 3.63) is 71.8 Å². The first-order chi connectivity index (χ1) is 11.3. The van der Waals surface area contributed by atoms with E-state index in [2.05, 4.69) is 5.32 Å². The van der Waals surface area contributed by atoms with Crippen LogP contribution in [0.4, 0.5) is 0 Å². The molecule has 2 nitrogen and oxygen atoms in total. The summed E-state index contributed by atoms with van der Waals surface area (Å²) in [5, 5.41) is 3.23. The van der Waals surface area contributed by atoms with Crippen LogP contribution in [0.1, 0.15) is 43.2 Å². The van der Waals surface area contributed by atoms with Gasteiger partial charge in [-0.25, -0.2) is 0 Å². The Bertz CT molecular complexity index is 655. The Hall–Kier alpha value is -2.35. The van der Waals surface area contributed by atoms with E-state index in [1.807, 2.05) is 66.7 Å². The predicted molar refractivity (Wildman–Crippen MR) is 95.8 cm³/mol. The number of carbonyl (C=O) groups excluding carboxylic acids is 1. The lowest BCUT2D eigenvalue weighted by Crippen LogP contribution is -2.36. The molecule has 3 rings (SSSR count). The van der Waals surface area contributed by atoms with E-state index in [9.17, 15) is 4.79 Å². The molecule has 0 aliphatic heterocycles. The highest BCUT2D eigenvalue weighted by molar-refractivity contribution is 6.24. The molecule has 0 saturated heterocycles. The quantitative estimate of drug-likeness (QED) is 0.645. The molecule has 23 heavy (non-hydrogen) atoms. The molecule has 0 atom stereocenters. The van der Waals surface area contributed by atoms with Gasteiger partial charge in [0.1, 0.15) is 0 Å². The average Bonchev–Trinajstić information content (AvgIpc) is 2.62. The Morgan fingerprint density at radius 1 is 0.870 bits per heavy atom. The Morgan fingerprint density at radius 2 is 1.48 bits per heavy atom. The van der Waals surface area contributed by atoms with Gasteiger partial charge < -0.3 is 5.32 Å². The molecule has 1 fully saturated rings. The van der Waals surface area contributed by atoms with Gasteiger partial charge in [-0.05, 0) is 30.0 Å². The molecule has 1 N–H and O–H groups in total. The van der Waals surface area contributed by atoms with Crippen molar-refractivity contribution in [1.29, 1.82) is 0 Å². The average molecular weight is 305 g/mol. The summed E-state index contributed by atoms with van der Waals surface area (Å²) in [6, 6.07) is 20.3. The third-order valence-electron chi connectivity index (χ3n) is 4.38. The molecule has 0 heterocycles. The molecule has 0 unspecified atom stereocenters. The van der Waals surface area contributed by atoms with Gasteiger partial charge in [-0.2, -0.15) is 0 Å². The third-order valence-corrected chi connectivity index (χ3v) is 4.38. The van der Waals surface area contributed by atoms with Crippen molar-refractivity contribution in [3.63, 3.8) is 0 Å². The number of benzene rings is 2. The van der Waals surface area contributed by atoms with E-state index in [1.54, 1.807) is 0 Å². The van der Waals surface area contributed by atoms with Crippen LogP contribution in [0.3, 0.4) is 0 Å². The van der Waals surface area contributed by atoms with Crippen LogP contribution in [-0.4, -0.2) is 11.9 Å². The maximum Gasteiger partial charge on any atom is 0.252 e.